The van der Waals surface area contributed by atoms with Crippen molar-refractivity contribution in [2.24, 2.45) is 5.92 Å². The van der Waals surface area contributed by atoms with Crippen molar-refractivity contribution in [3.8, 4) is 12.3 Å². The number of alkyl carbamates (subject to hydrolysis) is 1. The molecule has 1 fully saturated rings. The van der Waals surface area contributed by atoms with Crippen LogP contribution in [0, 0.1) is 18.3 Å². The number of amides is 2. The van der Waals surface area contributed by atoms with Gasteiger partial charge < -0.3 is 19.7 Å². The minimum atomic E-state index is -0.749. The number of rotatable bonds is 6. The van der Waals surface area contributed by atoms with Crippen molar-refractivity contribution in [1.82, 2.24) is 10.2 Å². The molecule has 23 heavy (non-hydrogen) atoms. The lowest BCUT2D eigenvalue weighted by atomic mass is 10.1. The summed E-state index contributed by atoms with van der Waals surface area (Å²) in [6.07, 6.45) is 5.75. The van der Waals surface area contributed by atoms with Crippen molar-refractivity contribution < 1.29 is 19.1 Å². The first-order chi connectivity index (χ1) is 10.8. The molecule has 1 heterocycles. The first kappa shape index (κ1) is 19.3. The summed E-state index contributed by atoms with van der Waals surface area (Å²) in [4.78, 5) is 26.2. The van der Waals surface area contributed by atoms with E-state index in [9.17, 15) is 9.59 Å². The number of nitrogens with one attached hydrogen (secondary N) is 1. The number of carbonyl (C=O) groups excluding carboxylic acids is 2. The molecule has 0 aromatic heterocycles. The second-order valence-corrected chi connectivity index (χ2v) is 6.71. The Kier molecular flexibility index (Phi) is 7.37. The van der Waals surface area contributed by atoms with Crippen LogP contribution < -0.4 is 5.32 Å². The average Bonchev–Trinajstić information content (AvgIpc) is 2.90. The zero-order valence-corrected chi connectivity index (χ0v) is 14.6. The molecule has 0 aliphatic carbocycles. The zero-order valence-electron chi connectivity index (χ0n) is 14.6. The number of hydrogen-bond acceptors (Lipinski definition) is 4. The number of carbonyl (C=O) groups is 2. The van der Waals surface area contributed by atoms with Gasteiger partial charge in [-0.1, -0.05) is 0 Å². The number of likely N-dealkylation sites (tertiary alicyclic amines) is 1. The monoisotopic (exact) mass is 324 g/mol. The topological polar surface area (TPSA) is 67.9 Å². The Morgan fingerprint density at radius 2 is 2.13 bits per heavy atom. The predicted octanol–water partition coefficient (Wildman–Crippen LogP) is 1.79. The van der Waals surface area contributed by atoms with Crippen molar-refractivity contribution in [1.29, 1.82) is 0 Å². The van der Waals surface area contributed by atoms with Gasteiger partial charge in [-0.2, -0.15) is 0 Å². The summed E-state index contributed by atoms with van der Waals surface area (Å²) in [5, 5.41) is 2.58. The Balaban J connectivity index is 2.58. The molecule has 0 radical (unpaired) electrons. The highest BCUT2D eigenvalue weighted by Gasteiger charge is 2.32. The fourth-order valence-electron chi connectivity index (χ4n) is 2.44. The molecule has 0 spiro atoms. The number of nitrogens with zero attached hydrogens (tertiary/aromatic N) is 1. The van der Waals surface area contributed by atoms with Crippen molar-refractivity contribution in [3.05, 3.63) is 0 Å². The molecule has 1 N–H and O–H groups in total. The van der Waals surface area contributed by atoms with Gasteiger partial charge in [0.25, 0.3) is 0 Å². The molecule has 0 aromatic carbocycles. The SMILES string of the molecule is C#CC[C@@H](NC(=O)OC(C)(C)C)C(=O)N1CC[C@@H](COCC)C1. The highest BCUT2D eigenvalue weighted by atomic mass is 16.6. The van der Waals surface area contributed by atoms with Gasteiger partial charge in [0.15, 0.2) is 0 Å². The van der Waals surface area contributed by atoms with Gasteiger partial charge in [0.2, 0.25) is 5.91 Å². The quantitative estimate of drug-likeness (QED) is 0.756. The molecule has 2 amide bonds. The van der Waals surface area contributed by atoms with Gasteiger partial charge in [-0.25, -0.2) is 4.79 Å². The van der Waals surface area contributed by atoms with E-state index in [1.54, 1.807) is 25.7 Å². The van der Waals surface area contributed by atoms with Crippen LogP contribution in [-0.2, 0) is 14.3 Å². The van der Waals surface area contributed by atoms with Gasteiger partial charge in [-0.05, 0) is 34.1 Å². The van der Waals surface area contributed by atoms with Crippen LogP contribution in [0.1, 0.15) is 40.5 Å². The highest BCUT2D eigenvalue weighted by molar-refractivity contribution is 5.86. The van der Waals surface area contributed by atoms with E-state index in [-0.39, 0.29) is 12.3 Å². The minimum Gasteiger partial charge on any atom is -0.444 e. The first-order valence-electron chi connectivity index (χ1n) is 8.06. The van der Waals surface area contributed by atoms with Gasteiger partial charge >= 0.3 is 6.09 Å². The molecule has 0 unspecified atom stereocenters. The van der Waals surface area contributed by atoms with E-state index in [1.807, 2.05) is 6.92 Å². The van der Waals surface area contributed by atoms with E-state index in [2.05, 4.69) is 11.2 Å². The standard InChI is InChI=1S/C17H28N2O4/c1-6-8-14(18-16(21)23-17(3,4)5)15(20)19-10-9-13(11-19)12-22-7-2/h1,13-14H,7-12H2,2-5H3,(H,18,21)/t13-,14-/m1/s1. The number of hydrogen-bond donors (Lipinski definition) is 1. The Hall–Kier alpha value is -1.74. The molecular formula is C17H28N2O4. The van der Waals surface area contributed by atoms with Crippen molar-refractivity contribution in [2.45, 2.75) is 52.2 Å². The summed E-state index contributed by atoms with van der Waals surface area (Å²) in [5.74, 6) is 2.62. The van der Waals surface area contributed by atoms with Crippen molar-refractivity contribution >= 4 is 12.0 Å². The highest BCUT2D eigenvalue weighted by Crippen LogP contribution is 2.18. The molecule has 1 saturated heterocycles. The van der Waals surface area contributed by atoms with E-state index >= 15 is 0 Å². The molecule has 1 aliphatic heterocycles. The van der Waals surface area contributed by atoms with E-state index < -0.39 is 17.7 Å². The molecule has 0 bridgehead atoms. The summed E-state index contributed by atoms with van der Waals surface area (Å²) in [5.41, 5.74) is -0.621. The van der Waals surface area contributed by atoms with Crippen LogP contribution >= 0.6 is 0 Å². The normalized spacial score (nSPS) is 19.1. The fourth-order valence-corrected chi connectivity index (χ4v) is 2.44. The zero-order chi connectivity index (χ0) is 17.5. The van der Waals surface area contributed by atoms with Crippen LogP contribution in [-0.4, -0.2) is 54.8 Å². The first-order valence-corrected chi connectivity index (χ1v) is 8.06. The molecule has 0 saturated carbocycles. The van der Waals surface area contributed by atoms with Gasteiger partial charge in [-0.15, -0.1) is 12.3 Å². The predicted molar refractivity (Wildman–Crippen MR) is 87.8 cm³/mol. The summed E-state index contributed by atoms with van der Waals surface area (Å²) < 4.78 is 10.6. The Labute approximate surface area is 138 Å². The summed E-state index contributed by atoms with van der Waals surface area (Å²) in [7, 11) is 0. The van der Waals surface area contributed by atoms with Crippen LogP contribution in [0.2, 0.25) is 0 Å². The Bertz CT molecular complexity index is 450. The molecular weight excluding hydrogens is 296 g/mol. The van der Waals surface area contributed by atoms with Gasteiger partial charge in [-0.3, -0.25) is 4.79 Å². The summed E-state index contributed by atoms with van der Waals surface area (Å²) in [6, 6.07) is -0.749. The molecule has 1 rings (SSSR count). The van der Waals surface area contributed by atoms with E-state index in [0.29, 0.717) is 32.2 Å². The maximum absolute atomic E-state index is 12.6. The third-order valence-corrected chi connectivity index (χ3v) is 3.47. The second kappa shape index (κ2) is 8.78. The van der Waals surface area contributed by atoms with Crippen LogP contribution in [0.4, 0.5) is 4.79 Å². The second-order valence-electron chi connectivity index (χ2n) is 6.71. The van der Waals surface area contributed by atoms with Crippen molar-refractivity contribution in [2.75, 3.05) is 26.3 Å². The number of ether oxygens (including phenoxy) is 2. The number of terminal acetylenes is 1. The van der Waals surface area contributed by atoms with E-state index in [0.717, 1.165) is 6.42 Å². The largest absolute Gasteiger partial charge is 0.444 e. The fraction of sp³-hybridized carbons (Fsp3) is 0.765. The molecule has 2 atom stereocenters. The molecule has 130 valence electrons. The van der Waals surface area contributed by atoms with Gasteiger partial charge in [0, 0.05) is 32.0 Å². The van der Waals surface area contributed by atoms with Crippen molar-refractivity contribution in [3.63, 3.8) is 0 Å². The van der Waals surface area contributed by atoms with Gasteiger partial charge in [0.05, 0.1) is 6.61 Å². The molecule has 1 aliphatic rings. The summed E-state index contributed by atoms with van der Waals surface area (Å²) >= 11 is 0. The minimum absolute atomic E-state index is 0.144. The van der Waals surface area contributed by atoms with Gasteiger partial charge in [0.1, 0.15) is 11.6 Å². The maximum atomic E-state index is 12.6. The van der Waals surface area contributed by atoms with Crippen LogP contribution in [0.3, 0.4) is 0 Å². The maximum Gasteiger partial charge on any atom is 0.408 e. The lowest BCUT2D eigenvalue weighted by Crippen LogP contribution is -2.49. The smallest absolute Gasteiger partial charge is 0.408 e. The van der Waals surface area contributed by atoms with E-state index in [1.165, 1.54) is 0 Å². The average molecular weight is 324 g/mol. The third-order valence-electron chi connectivity index (χ3n) is 3.47. The van der Waals surface area contributed by atoms with Crippen LogP contribution in [0.5, 0.6) is 0 Å². The molecule has 0 aromatic rings. The summed E-state index contributed by atoms with van der Waals surface area (Å²) in [6.45, 7) is 9.87. The molecule has 6 nitrogen and oxygen atoms in total. The van der Waals surface area contributed by atoms with Crippen LogP contribution in [0.15, 0.2) is 0 Å². The lowest BCUT2D eigenvalue weighted by molar-refractivity contribution is -0.132. The van der Waals surface area contributed by atoms with Crippen LogP contribution in [0.25, 0.3) is 0 Å². The lowest BCUT2D eigenvalue weighted by Gasteiger charge is -2.25. The third kappa shape index (κ3) is 6.91. The Morgan fingerprint density at radius 1 is 1.43 bits per heavy atom. The van der Waals surface area contributed by atoms with E-state index in [4.69, 9.17) is 15.9 Å². The Morgan fingerprint density at radius 3 is 2.70 bits per heavy atom. The molecule has 6 heteroatoms.